The van der Waals surface area contributed by atoms with Gasteiger partial charge < -0.3 is 5.32 Å². The van der Waals surface area contributed by atoms with Crippen molar-refractivity contribution in [3.63, 3.8) is 0 Å². The van der Waals surface area contributed by atoms with Crippen molar-refractivity contribution in [2.75, 3.05) is 10.7 Å². The van der Waals surface area contributed by atoms with E-state index in [9.17, 15) is 9.18 Å². The molecule has 0 bridgehead atoms. The number of hydrogen-bond acceptors (Lipinski definition) is 4. The van der Waals surface area contributed by atoms with Gasteiger partial charge in [0.15, 0.2) is 0 Å². The second-order valence-corrected chi connectivity index (χ2v) is 6.52. The summed E-state index contributed by atoms with van der Waals surface area (Å²) >= 11 is 0. The van der Waals surface area contributed by atoms with Crippen molar-refractivity contribution in [2.45, 2.75) is 6.92 Å². The fraction of sp³-hybridized carbons (Fsp3) is 0.0455. The molecule has 0 aliphatic heterocycles. The van der Waals surface area contributed by atoms with Gasteiger partial charge in [0.25, 0.3) is 5.91 Å². The van der Waals surface area contributed by atoms with Gasteiger partial charge in [0.1, 0.15) is 5.82 Å². The molecule has 0 saturated heterocycles. The van der Waals surface area contributed by atoms with Gasteiger partial charge in [-0.2, -0.15) is 9.89 Å². The Morgan fingerprint density at radius 3 is 2.62 bits per heavy atom. The summed E-state index contributed by atoms with van der Waals surface area (Å²) in [6.07, 6.45) is 7.11. The van der Waals surface area contributed by atoms with Crippen LogP contribution in [0.1, 0.15) is 15.9 Å². The number of rotatable bonds is 5. The summed E-state index contributed by atoms with van der Waals surface area (Å²) in [5.41, 5.74) is 7.90. The van der Waals surface area contributed by atoms with E-state index in [1.54, 1.807) is 23.4 Å². The minimum atomic E-state index is -0.381. The Morgan fingerprint density at radius 2 is 1.86 bits per heavy atom. The van der Waals surface area contributed by atoms with Crippen molar-refractivity contribution in [3.8, 4) is 11.1 Å². The van der Waals surface area contributed by atoms with Crippen LogP contribution in [0.3, 0.4) is 0 Å². The number of anilines is 2. The van der Waals surface area contributed by atoms with E-state index in [2.05, 4.69) is 20.8 Å². The Kier molecular flexibility index (Phi) is 5.03. The minimum absolute atomic E-state index is 0.308. The second kappa shape index (κ2) is 7.93. The Hall–Kier alpha value is -4.00. The zero-order valence-electron chi connectivity index (χ0n) is 15.6. The zero-order chi connectivity index (χ0) is 20.2. The molecule has 2 aromatic heterocycles. The van der Waals surface area contributed by atoms with Gasteiger partial charge in [-0.1, -0.05) is 12.1 Å². The van der Waals surface area contributed by atoms with Crippen LogP contribution in [0.5, 0.6) is 0 Å². The lowest BCUT2D eigenvalue weighted by Gasteiger charge is -2.12. The van der Waals surface area contributed by atoms with Crippen molar-refractivity contribution < 1.29 is 9.18 Å². The predicted molar refractivity (Wildman–Crippen MR) is 110 cm³/mol. The molecule has 2 N–H and O–H groups in total. The van der Waals surface area contributed by atoms with Gasteiger partial charge in [0.05, 0.1) is 18.1 Å². The molecule has 6 nitrogen and oxygen atoms in total. The van der Waals surface area contributed by atoms with Crippen molar-refractivity contribution in [3.05, 3.63) is 96.3 Å². The fourth-order valence-electron chi connectivity index (χ4n) is 2.81. The highest BCUT2D eigenvalue weighted by Crippen LogP contribution is 2.22. The summed E-state index contributed by atoms with van der Waals surface area (Å²) in [5.74, 6) is -0.689. The maximum Gasteiger partial charge on any atom is 0.255 e. The minimum Gasteiger partial charge on any atom is -0.322 e. The smallest absolute Gasteiger partial charge is 0.255 e. The molecule has 2 aromatic carbocycles. The van der Waals surface area contributed by atoms with Crippen LogP contribution in [0.2, 0.25) is 0 Å². The monoisotopic (exact) mass is 387 g/mol. The van der Waals surface area contributed by atoms with E-state index < -0.39 is 0 Å². The number of aryl methyl sites for hydroxylation is 1. The van der Waals surface area contributed by atoms with Crippen LogP contribution >= 0.6 is 0 Å². The number of halogens is 1. The number of pyridine rings is 1. The molecule has 7 heteroatoms. The lowest BCUT2D eigenvalue weighted by Crippen LogP contribution is -2.13. The predicted octanol–water partition coefficient (Wildman–Crippen LogP) is 4.52. The maximum atomic E-state index is 13.0. The molecular weight excluding hydrogens is 369 g/mol. The van der Waals surface area contributed by atoms with Crippen LogP contribution in [0.25, 0.3) is 11.1 Å². The van der Waals surface area contributed by atoms with E-state index >= 15 is 0 Å². The van der Waals surface area contributed by atoms with Crippen LogP contribution in [-0.2, 0) is 0 Å². The zero-order valence-corrected chi connectivity index (χ0v) is 15.6. The molecule has 0 saturated carbocycles. The van der Waals surface area contributed by atoms with Gasteiger partial charge in [0, 0.05) is 34.8 Å². The van der Waals surface area contributed by atoms with E-state index in [0.717, 1.165) is 22.4 Å². The summed E-state index contributed by atoms with van der Waals surface area (Å²) in [7, 11) is 0. The lowest BCUT2D eigenvalue weighted by atomic mass is 10.1. The Morgan fingerprint density at radius 1 is 1.03 bits per heavy atom. The summed E-state index contributed by atoms with van der Waals surface area (Å²) in [6.45, 7) is 1.96. The number of benzene rings is 2. The number of hydrogen-bond donors (Lipinski definition) is 2. The molecule has 0 spiro atoms. The van der Waals surface area contributed by atoms with E-state index in [1.165, 1.54) is 24.3 Å². The first kappa shape index (κ1) is 18.4. The normalized spacial score (nSPS) is 10.6. The van der Waals surface area contributed by atoms with Crippen molar-refractivity contribution >= 4 is 17.3 Å². The first-order valence-corrected chi connectivity index (χ1v) is 8.98. The Labute approximate surface area is 167 Å². The maximum absolute atomic E-state index is 13.0. The Balaban J connectivity index is 1.51. The lowest BCUT2D eigenvalue weighted by molar-refractivity contribution is 0.102. The highest BCUT2D eigenvalue weighted by atomic mass is 19.1. The molecule has 0 aliphatic rings. The van der Waals surface area contributed by atoms with Crippen molar-refractivity contribution in [1.82, 2.24) is 14.9 Å². The molecule has 0 atom stereocenters. The molecule has 2 heterocycles. The quantitative estimate of drug-likeness (QED) is 0.528. The highest BCUT2D eigenvalue weighted by molar-refractivity contribution is 6.04. The van der Waals surface area contributed by atoms with E-state index in [1.807, 2.05) is 43.5 Å². The summed E-state index contributed by atoms with van der Waals surface area (Å²) in [6, 6.07) is 14.8. The molecule has 144 valence electrons. The van der Waals surface area contributed by atoms with Gasteiger partial charge in [-0.3, -0.25) is 15.2 Å². The average Bonchev–Trinajstić information content (AvgIpc) is 3.20. The van der Waals surface area contributed by atoms with Gasteiger partial charge in [-0.15, -0.1) is 0 Å². The molecule has 0 radical (unpaired) electrons. The molecule has 0 fully saturated rings. The van der Waals surface area contributed by atoms with Crippen molar-refractivity contribution in [2.24, 2.45) is 0 Å². The number of aromatic nitrogens is 3. The number of nitrogens with one attached hydrogen (secondary N) is 2. The summed E-state index contributed by atoms with van der Waals surface area (Å²) in [5, 5.41) is 7.15. The van der Waals surface area contributed by atoms with Gasteiger partial charge in [0.2, 0.25) is 0 Å². The molecule has 0 aliphatic carbocycles. The van der Waals surface area contributed by atoms with Gasteiger partial charge >= 0.3 is 0 Å². The van der Waals surface area contributed by atoms with Gasteiger partial charge in [-0.05, 0) is 55.0 Å². The van der Waals surface area contributed by atoms with E-state index in [0.29, 0.717) is 11.3 Å². The topological polar surface area (TPSA) is 71.8 Å². The third-order valence-electron chi connectivity index (χ3n) is 4.41. The SMILES string of the molecule is Cc1ccc(NC(=O)c2ccc(F)cc2)cc1Nn1cc(-c2cccnc2)cn1. The van der Waals surface area contributed by atoms with Crippen LogP contribution in [0.4, 0.5) is 15.8 Å². The van der Waals surface area contributed by atoms with Gasteiger partial charge in [-0.25, -0.2) is 4.39 Å². The average molecular weight is 387 g/mol. The summed E-state index contributed by atoms with van der Waals surface area (Å²) in [4.78, 5) is 18.1. The number of nitrogens with zero attached hydrogens (tertiary/aromatic N) is 3. The van der Waals surface area contributed by atoms with E-state index in [-0.39, 0.29) is 11.7 Å². The van der Waals surface area contributed by atoms with Crippen LogP contribution in [0.15, 0.2) is 79.4 Å². The Bertz CT molecular complexity index is 1140. The van der Waals surface area contributed by atoms with Crippen LogP contribution < -0.4 is 10.7 Å². The van der Waals surface area contributed by atoms with Crippen LogP contribution in [-0.4, -0.2) is 20.8 Å². The first-order valence-electron chi connectivity index (χ1n) is 8.98. The molecule has 0 unspecified atom stereocenters. The van der Waals surface area contributed by atoms with Crippen LogP contribution in [0, 0.1) is 12.7 Å². The standard InChI is InChI=1S/C22H18FN5O/c1-15-4-9-20(26-22(29)16-5-7-19(23)8-6-16)11-21(15)27-28-14-18(13-25-28)17-3-2-10-24-12-17/h2-14,27H,1H3,(H,26,29). The molecule has 1 amide bonds. The van der Waals surface area contributed by atoms with E-state index in [4.69, 9.17) is 0 Å². The number of amides is 1. The number of carbonyl (C=O) groups excluding carboxylic acids is 1. The molecular formula is C22H18FN5O. The third-order valence-corrected chi connectivity index (χ3v) is 4.41. The summed E-state index contributed by atoms with van der Waals surface area (Å²) < 4.78 is 13.0. The fourth-order valence-corrected chi connectivity index (χ4v) is 2.81. The number of carbonyl (C=O) groups is 1. The molecule has 4 aromatic rings. The third kappa shape index (κ3) is 4.30. The second-order valence-electron chi connectivity index (χ2n) is 6.52. The molecule has 29 heavy (non-hydrogen) atoms. The highest BCUT2D eigenvalue weighted by Gasteiger charge is 2.09. The van der Waals surface area contributed by atoms with Crippen molar-refractivity contribution in [1.29, 1.82) is 0 Å². The largest absolute Gasteiger partial charge is 0.322 e. The molecule has 4 rings (SSSR count). The first-order chi connectivity index (χ1) is 14.1.